The lowest BCUT2D eigenvalue weighted by molar-refractivity contribution is -0.145. The first-order chi connectivity index (χ1) is 22.4. The van der Waals surface area contributed by atoms with E-state index in [4.69, 9.17) is 29.9 Å². The molecule has 1 amide bonds. The van der Waals surface area contributed by atoms with E-state index in [0.717, 1.165) is 55.0 Å². The third-order valence-electron chi connectivity index (χ3n) is 7.19. The van der Waals surface area contributed by atoms with Crippen molar-refractivity contribution in [3.63, 3.8) is 0 Å². The van der Waals surface area contributed by atoms with E-state index in [1.165, 1.54) is 0 Å². The molecule has 3 aliphatic rings. The van der Waals surface area contributed by atoms with Gasteiger partial charge in [0.25, 0.3) is 0 Å². The summed E-state index contributed by atoms with van der Waals surface area (Å²) in [7, 11) is 1.69. The predicted molar refractivity (Wildman–Crippen MR) is 169 cm³/mol. The molecule has 0 aromatic heterocycles. The normalized spacial score (nSPS) is 18.2. The van der Waals surface area contributed by atoms with Gasteiger partial charge >= 0.3 is 23.9 Å². The average Bonchev–Trinajstić information content (AvgIpc) is 3.42. The Morgan fingerprint density at radius 1 is 0.745 bits per heavy atom. The number of rotatable bonds is 8. The van der Waals surface area contributed by atoms with E-state index in [-0.39, 0.29) is 12.0 Å². The average molecular weight is 652 g/mol. The van der Waals surface area contributed by atoms with Crippen LogP contribution in [0.15, 0.2) is 72.8 Å². The molecule has 2 heterocycles. The van der Waals surface area contributed by atoms with E-state index in [1.807, 2.05) is 12.1 Å². The standard InChI is InChI=1S/C25H29N3O3.2C4H4O4/c1-26-24(29)17-28-14-12-27(13-15-28)16-21-18-30-25(31-21)22-8-4-2-6-19(22)10-11-20-7-3-5-9-23(20)25;2*5-3(6)1-2-4(7)8/h2-11,21H,12-18H2,1H3,(H,26,29);2*1-2H,(H,5,6)(H,7,8)/b;2*2-1+. The molecule has 2 aromatic carbocycles. The van der Waals surface area contributed by atoms with Crippen LogP contribution in [-0.2, 0) is 39.2 Å². The molecule has 1 unspecified atom stereocenters. The molecule has 2 aromatic rings. The maximum absolute atomic E-state index is 11.6. The summed E-state index contributed by atoms with van der Waals surface area (Å²) >= 11 is 0. The molecule has 1 spiro atoms. The van der Waals surface area contributed by atoms with Crippen molar-refractivity contribution in [3.05, 3.63) is 95.1 Å². The number of hydrogen-bond donors (Lipinski definition) is 5. The molecule has 5 N–H and O–H groups in total. The molecule has 250 valence electrons. The number of aliphatic carboxylic acids is 4. The maximum atomic E-state index is 11.6. The van der Waals surface area contributed by atoms with Gasteiger partial charge in [-0.3, -0.25) is 14.6 Å². The van der Waals surface area contributed by atoms with Gasteiger partial charge in [-0.05, 0) is 11.1 Å². The number of carboxylic acids is 4. The van der Waals surface area contributed by atoms with E-state index >= 15 is 0 Å². The van der Waals surface area contributed by atoms with Gasteiger partial charge in [-0.15, -0.1) is 0 Å². The number of benzene rings is 2. The van der Waals surface area contributed by atoms with Crippen molar-refractivity contribution < 1.29 is 53.9 Å². The van der Waals surface area contributed by atoms with Crippen molar-refractivity contribution in [2.24, 2.45) is 0 Å². The molecule has 1 aliphatic carbocycles. The second kappa shape index (κ2) is 17.5. The highest BCUT2D eigenvalue weighted by atomic mass is 16.7. The molecular weight excluding hydrogens is 614 g/mol. The molecule has 2 fully saturated rings. The minimum Gasteiger partial charge on any atom is -0.478 e. The lowest BCUT2D eigenvalue weighted by Crippen LogP contribution is -2.51. The highest BCUT2D eigenvalue weighted by molar-refractivity contribution is 5.90. The van der Waals surface area contributed by atoms with Gasteiger partial charge in [-0.25, -0.2) is 19.2 Å². The van der Waals surface area contributed by atoms with E-state index in [0.29, 0.717) is 37.5 Å². The lowest BCUT2D eigenvalue weighted by atomic mass is 9.93. The van der Waals surface area contributed by atoms with Crippen molar-refractivity contribution in [1.29, 1.82) is 0 Å². The molecule has 0 radical (unpaired) electrons. The van der Waals surface area contributed by atoms with Gasteiger partial charge in [-0.1, -0.05) is 60.7 Å². The number of hydrogen-bond acceptors (Lipinski definition) is 9. The van der Waals surface area contributed by atoms with Gasteiger partial charge in [-0.2, -0.15) is 0 Å². The quantitative estimate of drug-likeness (QED) is 0.258. The third-order valence-corrected chi connectivity index (χ3v) is 7.19. The fourth-order valence-electron chi connectivity index (χ4n) is 5.08. The summed E-state index contributed by atoms with van der Waals surface area (Å²) in [5, 5.41) is 33.9. The zero-order valence-corrected chi connectivity index (χ0v) is 25.7. The topological polar surface area (TPSA) is 203 Å². The zero-order valence-electron chi connectivity index (χ0n) is 25.7. The zero-order chi connectivity index (χ0) is 34.4. The van der Waals surface area contributed by atoms with E-state index in [2.05, 4.69) is 63.7 Å². The van der Waals surface area contributed by atoms with Crippen LogP contribution in [0.4, 0.5) is 0 Å². The van der Waals surface area contributed by atoms with Crippen molar-refractivity contribution in [1.82, 2.24) is 15.1 Å². The Bertz CT molecular complexity index is 1410. The number of amides is 1. The second-order valence-corrected chi connectivity index (χ2v) is 10.4. The van der Waals surface area contributed by atoms with Gasteiger partial charge in [0.15, 0.2) is 0 Å². The largest absolute Gasteiger partial charge is 0.478 e. The number of nitrogens with one attached hydrogen (secondary N) is 1. The number of carboxylic acid groups (broad SMARTS) is 4. The number of carbonyl (C=O) groups is 5. The molecule has 0 saturated carbocycles. The molecule has 14 heteroatoms. The molecule has 2 saturated heterocycles. The Labute approximate surface area is 270 Å². The van der Waals surface area contributed by atoms with Crippen molar-refractivity contribution >= 4 is 41.9 Å². The summed E-state index contributed by atoms with van der Waals surface area (Å²) in [6.07, 6.45) is 6.52. The predicted octanol–water partition coefficient (Wildman–Crippen LogP) is 1.57. The Morgan fingerprint density at radius 2 is 1.17 bits per heavy atom. The number of piperazine rings is 1. The van der Waals surface area contributed by atoms with Gasteiger partial charge in [0.05, 0.1) is 19.3 Å². The fraction of sp³-hybridized carbons (Fsp3) is 0.303. The molecule has 1 atom stereocenters. The summed E-state index contributed by atoms with van der Waals surface area (Å²) < 4.78 is 13.3. The van der Waals surface area contributed by atoms with Gasteiger partial charge in [0.2, 0.25) is 11.7 Å². The summed E-state index contributed by atoms with van der Waals surface area (Å²) in [6.45, 7) is 5.49. The fourth-order valence-corrected chi connectivity index (χ4v) is 5.08. The van der Waals surface area contributed by atoms with Crippen molar-refractivity contribution in [2.45, 2.75) is 11.9 Å². The van der Waals surface area contributed by atoms with Crippen LogP contribution in [-0.4, -0.2) is 119 Å². The van der Waals surface area contributed by atoms with Crippen LogP contribution >= 0.6 is 0 Å². The third kappa shape index (κ3) is 11.0. The molecule has 47 heavy (non-hydrogen) atoms. The van der Waals surface area contributed by atoms with Crippen LogP contribution in [0.25, 0.3) is 12.2 Å². The smallest absolute Gasteiger partial charge is 0.328 e. The molecule has 5 rings (SSSR count). The monoisotopic (exact) mass is 651 g/mol. The van der Waals surface area contributed by atoms with E-state index < -0.39 is 29.7 Å². The lowest BCUT2D eigenvalue weighted by Gasteiger charge is -2.35. The minimum absolute atomic E-state index is 0.00953. The summed E-state index contributed by atoms with van der Waals surface area (Å²) in [5.41, 5.74) is 4.38. The highest BCUT2D eigenvalue weighted by Gasteiger charge is 2.47. The number of carbonyl (C=O) groups excluding carboxylic acids is 1. The molecular formula is C33H37N3O11. The summed E-state index contributed by atoms with van der Waals surface area (Å²) in [6, 6.07) is 16.7. The van der Waals surface area contributed by atoms with Gasteiger partial charge in [0, 0.05) is 75.2 Å². The first kappa shape index (κ1) is 36.3. The maximum Gasteiger partial charge on any atom is 0.328 e. The summed E-state index contributed by atoms with van der Waals surface area (Å²) in [5.74, 6) is -5.83. The van der Waals surface area contributed by atoms with Crippen LogP contribution in [0.1, 0.15) is 22.3 Å². The Morgan fingerprint density at radius 3 is 1.60 bits per heavy atom. The molecule has 2 aliphatic heterocycles. The first-order valence-corrected chi connectivity index (χ1v) is 14.6. The molecule has 0 bridgehead atoms. The molecule has 14 nitrogen and oxygen atoms in total. The number of fused-ring (bicyclic) bond motifs is 4. The number of ether oxygens (including phenoxy) is 2. The van der Waals surface area contributed by atoms with Crippen LogP contribution in [0.3, 0.4) is 0 Å². The van der Waals surface area contributed by atoms with Crippen LogP contribution in [0.2, 0.25) is 0 Å². The van der Waals surface area contributed by atoms with Gasteiger partial charge < -0.3 is 35.2 Å². The highest BCUT2D eigenvalue weighted by Crippen LogP contribution is 2.45. The van der Waals surface area contributed by atoms with Crippen LogP contribution in [0, 0.1) is 0 Å². The SMILES string of the molecule is CNC(=O)CN1CCN(CC2COC3(O2)c2ccccc2C=Cc2ccccc23)CC1.O=C(O)/C=C/C(=O)O.O=C(O)/C=C/C(=O)O. The van der Waals surface area contributed by atoms with Crippen molar-refractivity contribution in [3.8, 4) is 0 Å². The van der Waals surface area contributed by atoms with Gasteiger partial charge in [0.1, 0.15) is 0 Å². The Kier molecular flexibility index (Phi) is 13.5. The second-order valence-electron chi connectivity index (χ2n) is 10.4. The van der Waals surface area contributed by atoms with E-state index in [1.54, 1.807) is 7.05 Å². The first-order valence-electron chi connectivity index (χ1n) is 14.6. The Balaban J connectivity index is 0.000000312. The number of likely N-dealkylation sites (N-methyl/N-ethyl adjacent to an activating group) is 1. The summed E-state index contributed by atoms with van der Waals surface area (Å²) in [4.78, 5) is 54.5. The minimum atomic E-state index is -1.26. The number of nitrogens with zero attached hydrogens (tertiary/aromatic N) is 2. The van der Waals surface area contributed by atoms with Crippen molar-refractivity contribution in [2.75, 3.05) is 52.9 Å². The van der Waals surface area contributed by atoms with Crippen LogP contribution in [0.5, 0.6) is 0 Å². The van der Waals surface area contributed by atoms with Crippen LogP contribution < -0.4 is 5.32 Å². The Hall–Kier alpha value is -5.15. The van der Waals surface area contributed by atoms with E-state index in [9.17, 15) is 24.0 Å².